The Bertz CT molecular complexity index is 475. The summed E-state index contributed by atoms with van der Waals surface area (Å²) in [7, 11) is 0. The van der Waals surface area contributed by atoms with E-state index in [1.165, 1.54) is 0 Å². The van der Waals surface area contributed by atoms with E-state index in [1.807, 2.05) is 31.2 Å². The van der Waals surface area contributed by atoms with Crippen LogP contribution in [0.2, 0.25) is 0 Å². The Morgan fingerprint density at radius 3 is 2.32 bits per heavy atom. The lowest BCUT2D eigenvalue weighted by Gasteiger charge is -2.23. The molecule has 0 unspecified atom stereocenters. The summed E-state index contributed by atoms with van der Waals surface area (Å²) in [5.74, 6) is 0.773. The number of hydrogen-bond acceptors (Lipinski definition) is 4. The second-order valence-corrected chi connectivity index (χ2v) is 5.66. The van der Waals surface area contributed by atoms with E-state index >= 15 is 0 Å². The lowest BCUT2D eigenvalue weighted by Crippen LogP contribution is -2.38. The molecule has 2 rings (SSSR count). The number of nitrogens with zero attached hydrogens (tertiary/aromatic N) is 1. The van der Waals surface area contributed by atoms with Gasteiger partial charge in [-0.2, -0.15) is 0 Å². The van der Waals surface area contributed by atoms with Crippen molar-refractivity contribution >= 4 is 5.91 Å². The van der Waals surface area contributed by atoms with Crippen molar-refractivity contribution in [3.63, 3.8) is 0 Å². The molecule has 122 valence electrons. The van der Waals surface area contributed by atoms with E-state index in [4.69, 9.17) is 9.47 Å². The van der Waals surface area contributed by atoms with Crippen LogP contribution in [-0.2, 0) is 4.79 Å². The summed E-state index contributed by atoms with van der Waals surface area (Å²) in [5, 5.41) is 2.95. The molecule has 0 aromatic heterocycles. The van der Waals surface area contributed by atoms with Gasteiger partial charge in [-0.3, -0.25) is 4.79 Å². The van der Waals surface area contributed by atoms with E-state index < -0.39 is 5.79 Å². The highest BCUT2D eigenvalue weighted by molar-refractivity contribution is 5.75. The van der Waals surface area contributed by atoms with Crippen LogP contribution in [0.4, 0.5) is 0 Å². The molecule has 1 aliphatic heterocycles. The van der Waals surface area contributed by atoms with Crippen molar-refractivity contribution in [1.82, 2.24) is 10.2 Å². The minimum absolute atomic E-state index is 0.0385. The van der Waals surface area contributed by atoms with Gasteiger partial charge < -0.3 is 19.7 Å². The molecule has 0 bridgehead atoms. The SMILES string of the molecule is CCN(CC)CCNC(=O)CCC1(C)Oc2ccccc2O1. The lowest BCUT2D eigenvalue weighted by molar-refractivity contribution is -0.125. The second-order valence-electron chi connectivity index (χ2n) is 5.66. The maximum Gasteiger partial charge on any atom is 0.249 e. The van der Waals surface area contributed by atoms with Crippen molar-refractivity contribution in [3.05, 3.63) is 24.3 Å². The molecule has 22 heavy (non-hydrogen) atoms. The number of rotatable bonds is 8. The molecular formula is C17H26N2O3. The molecule has 1 aliphatic rings. The molecule has 0 radical (unpaired) electrons. The largest absolute Gasteiger partial charge is 0.449 e. The first-order chi connectivity index (χ1) is 10.6. The highest BCUT2D eigenvalue weighted by Crippen LogP contribution is 2.40. The molecule has 5 heteroatoms. The van der Waals surface area contributed by atoms with Gasteiger partial charge in [0.2, 0.25) is 11.7 Å². The van der Waals surface area contributed by atoms with Crippen LogP contribution in [0.25, 0.3) is 0 Å². The Morgan fingerprint density at radius 1 is 1.18 bits per heavy atom. The standard InChI is InChI=1S/C17H26N2O3/c1-4-19(5-2)13-12-18-16(20)10-11-17(3)21-14-8-6-7-9-15(14)22-17/h6-9H,4-5,10-13H2,1-3H3,(H,18,20). The summed E-state index contributed by atoms with van der Waals surface area (Å²) >= 11 is 0. The molecule has 0 fully saturated rings. The number of hydrogen-bond donors (Lipinski definition) is 1. The predicted molar refractivity (Wildman–Crippen MR) is 86.1 cm³/mol. The van der Waals surface area contributed by atoms with Gasteiger partial charge in [0.15, 0.2) is 11.5 Å². The molecule has 1 aromatic carbocycles. The van der Waals surface area contributed by atoms with Crippen LogP contribution in [0.15, 0.2) is 24.3 Å². The Hall–Kier alpha value is -1.75. The third-order valence-corrected chi connectivity index (χ3v) is 3.95. The molecule has 1 N–H and O–H groups in total. The summed E-state index contributed by atoms with van der Waals surface area (Å²) in [6.07, 6.45) is 0.918. The average molecular weight is 306 g/mol. The van der Waals surface area contributed by atoms with E-state index in [-0.39, 0.29) is 5.91 Å². The van der Waals surface area contributed by atoms with Crippen molar-refractivity contribution in [2.75, 3.05) is 26.2 Å². The first-order valence-electron chi connectivity index (χ1n) is 8.02. The molecule has 1 amide bonds. The van der Waals surface area contributed by atoms with Gasteiger partial charge in [0.05, 0.1) is 0 Å². The number of nitrogens with one attached hydrogen (secondary N) is 1. The number of amides is 1. The highest BCUT2D eigenvalue weighted by Gasteiger charge is 2.36. The Labute approximate surface area is 132 Å². The van der Waals surface area contributed by atoms with Crippen molar-refractivity contribution < 1.29 is 14.3 Å². The maximum atomic E-state index is 11.9. The van der Waals surface area contributed by atoms with Gasteiger partial charge in [-0.25, -0.2) is 0 Å². The van der Waals surface area contributed by atoms with Gasteiger partial charge >= 0.3 is 0 Å². The average Bonchev–Trinajstić information content (AvgIpc) is 2.86. The molecule has 1 aromatic rings. The first-order valence-corrected chi connectivity index (χ1v) is 8.02. The summed E-state index contributed by atoms with van der Waals surface area (Å²) in [6, 6.07) is 7.58. The number of carbonyl (C=O) groups is 1. The third kappa shape index (κ3) is 4.37. The minimum Gasteiger partial charge on any atom is -0.449 e. The summed E-state index contributed by atoms with van der Waals surface area (Å²) in [4.78, 5) is 14.2. The quantitative estimate of drug-likeness (QED) is 0.801. The van der Waals surface area contributed by atoms with Gasteiger partial charge in [0.25, 0.3) is 0 Å². The lowest BCUT2D eigenvalue weighted by atomic mass is 10.1. The number of carbonyl (C=O) groups excluding carboxylic acids is 1. The normalized spacial score (nSPS) is 15.1. The Kier molecular flexibility index (Phi) is 5.66. The van der Waals surface area contributed by atoms with Gasteiger partial charge in [-0.15, -0.1) is 0 Å². The van der Waals surface area contributed by atoms with Crippen LogP contribution in [0.5, 0.6) is 11.5 Å². The highest BCUT2D eigenvalue weighted by atomic mass is 16.7. The van der Waals surface area contributed by atoms with Crippen LogP contribution in [-0.4, -0.2) is 42.8 Å². The van der Waals surface area contributed by atoms with E-state index in [9.17, 15) is 4.79 Å². The van der Waals surface area contributed by atoms with E-state index in [1.54, 1.807) is 0 Å². The third-order valence-electron chi connectivity index (χ3n) is 3.95. The smallest absolute Gasteiger partial charge is 0.249 e. The number of likely N-dealkylation sites (N-methyl/N-ethyl adjacent to an activating group) is 1. The van der Waals surface area contributed by atoms with Crippen molar-refractivity contribution in [2.45, 2.75) is 39.4 Å². The summed E-state index contributed by atoms with van der Waals surface area (Å²) < 4.78 is 11.6. The molecule has 5 nitrogen and oxygen atoms in total. The Morgan fingerprint density at radius 2 is 1.77 bits per heavy atom. The molecular weight excluding hydrogens is 280 g/mol. The number of fused-ring (bicyclic) bond motifs is 1. The van der Waals surface area contributed by atoms with E-state index in [0.29, 0.717) is 19.4 Å². The first kappa shape index (κ1) is 16.6. The van der Waals surface area contributed by atoms with Crippen LogP contribution in [0, 0.1) is 0 Å². The van der Waals surface area contributed by atoms with Crippen molar-refractivity contribution in [2.24, 2.45) is 0 Å². The molecule has 0 atom stereocenters. The van der Waals surface area contributed by atoms with Crippen LogP contribution in [0.3, 0.4) is 0 Å². The minimum atomic E-state index is -0.750. The Balaban J connectivity index is 1.71. The topological polar surface area (TPSA) is 50.8 Å². The monoisotopic (exact) mass is 306 g/mol. The van der Waals surface area contributed by atoms with E-state index in [0.717, 1.165) is 31.1 Å². The maximum absolute atomic E-state index is 11.9. The number of ether oxygens (including phenoxy) is 2. The molecule has 0 saturated heterocycles. The zero-order valence-electron chi connectivity index (χ0n) is 13.7. The molecule has 0 spiro atoms. The van der Waals surface area contributed by atoms with Crippen molar-refractivity contribution in [3.8, 4) is 11.5 Å². The zero-order chi connectivity index (χ0) is 16.0. The van der Waals surface area contributed by atoms with Crippen LogP contribution >= 0.6 is 0 Å². The number of para-hydroxylation sites is 2. The molecule has 0 aliphatic carbocycles. The van der Waals surface area contributed by atoms with Crippen LogP contribution < -0.4 is 14.8 Å². The zero-order valence-corrected chi connectivity index (χ0v) is 13.7. The number of benzene rings is 1. The molecule has 1 heterocycles. The fourth-order valence-corrected chi connectivity index (χ4v) is 2.53. The van der Waals surface area contributed by atoms with Crippen LogP contribution in [0.1, 0.15) is 33.6 Å². The second kappa shape index (κ2) is 7.49. The predicted octanol–water partition coefficient (Wildman–Crippen LogP) is 2.41. The van der Waals surface area contributed by atoms with Gasteiger partial charge in [-0.05, 0) is 25.2 Å². The fourth-order valence-electron chi connectivity index (χ4n) is 2.53. The van der Waals surface area contributed by atoms with E-state index in [2.05, 4.69) is 24.1 Å². The summed E-state index contributed by atoms with van der Waals surface area (Å²) in [5.41, 5.74) is 0. The van der Waals surface area contributed by atoms with Gasteiger partial charge in [-0.1, -0.05) is 26.0 Å². The van der Waals surface area contributed by atoms with Crippen molar-refractivity contribution in [1.29, 1.82) is 0 Å². The molecule has 0 saturated carbocycles. The summed E-state index contributed by atoms with van der Waals surface area (Å²) in [6.45, 7) is 9.69. The van der Waals surface area contributed by atoms with Gasteiger partial charge in [0.1, 0.15) is 0 Å². The van der Waals surface area contributed by atoms with Gasteiger partial charge in [0, 0.05) is 32.9 Å². The fraction of sp³-hybridized carbons (Fsp3) is 0.588.